The zero-order chi connectivity index (χ0) is 12.4. The first-order chi connectivity index (χ1) is 8.02. The van der Waals surface area contributed by atoms with Crippen molar-refractivity contribution < 1.29 is 0 Å². The maximum absolute atomic E-state index is 2.34. The molecule has 0 saturated heterocycles. The van der Waals surface area contributed by atoms with Crippen LogP contribution in [0.4, 0.5) is 0 Å². The normalized spacial score (nSPS) is 10.1. The Kier molecular flexibility index (Phi) is 3.90. The zero-order valence-corrected chi connectivity index (χ0v) is 12.6. The summed E-state index contributed by atoms with van der Waals surface area (Å²) in [6.07, 6.45) is 0. The molecule has 0 aromatic heterocycles. The molecule has 0 saturated carbocycles. The van der Waals surface area contributed by atoms with E-state index >= 15 is 0 Å². The molecule has 0 spiro atoms. The smallest absolute Gasteiger partial charge is 0.164 e. The zero-order valence-electron chi connectivity index (χ0n) is 11.2. The molecule has 1 heteroatoms. The van der Waals surface area contributed by atoms with E-state index in [0.29, 0.717) is 0 Å². The third-order valence-electron chi connectivity index (χ3n) is 2.97. The Bertz CT molecular complexity index is 451. The summed E-state index contributed by atoms with van der Waals surface area (Å²) in [6, 6.07) is 13.9. The Morgan fingerprint density at radius 2 is 0.824 bits per heavy atom. The van der Waals surface area contributed by atoms with Crippen LogP contribution in [0.25, 0.3) is 0 Å². The van der Waals surface area contributed by atoms with E-state index in [4.69, 9.17) is 0 Å². The summed E-state index contributed by atoms with van der Waals surface area (Å²) in [6.45, 7) is 8.75. The van der Waals surface area contributed by atoms with Crippen LogP contribution in [0.2, 0.25) is 0 Å². The van der Waals surface area contributed by atoms with Crippen molar-refractivity contribution in [3.8, 4) is 0 Å². The van der Waals surface area contributed by atoms with Crippen LogP contribution < -0.4 is 7.39 Å². The van der Waals surface area contributed by atoms with Crippen molar-refractivity contribution >= 4 is 27.8 Å². The molecule has 2 aromatic rings. The molecule has 2 aromatic carbocycles. The summed E-state index contributed by atoms with van der Waals surface area (Å²) in [4.78, 5) is 0. The minimum atomic E-state index is -0.320. The standard InChI is InChI=1S/2C8H9.Mg/c2*1-7-4-3-5-8(2)6-7;/h2*4-6H,1-2H3;. The summed E-state index contributed by atoms with van der Waals surface area (Å²) < 4.78 is 3.10. The molecule has 0 bridgehead atoms. The maximum atomic E-state index is 2.34. The average molecular weight is 235 g/mol. The van der Waals surface area contributed by atoms with Crippen molar-refractivity contribution in [1.29, 1.82) is 0 Å². The quantitative estimate of drug-likeness (QED) is 0.701. The second-order valence-electron chi connectivity index (χ2n) is 5.17. The summed E-state index contributed by atoms with van der Waals surface area (Å²) in [7, 11) is 0. The van der Waals surface area contributed by atoms with Crippen LogP contribution in [0.15, 0.2) is 36.4 Å². The molecule has 0 amide bonds. The van der Waals surface area contributed by atoms with Crippen molar-refractivity contribution in [2.24, 2.45) is 0 Å². The lowest BCUT2D eigenvalue weighted by Gasteiger charge is -2.07. The Morgan fingerprint density at radius 3 is 1.12 bits per heavy atom. The minimum absolute atomic E-state index is 0.320. The average Bonchev–Trinajstić information content (AvgIpc) is 2.13. The number of benzene rings is 2. The number of hydrogen-bond acceptors (Lipinski definition) is 0. The van der Waals surface area contributed by atoms with Gasteiger partial charge in [0.2, 0.25) is 0 Å². The first-order valence-corrected chi connectivity index (χ1v) is 7.59. The topological polar surface area (TPSA) is 0 Å². The Balaban J connectivity index is 2.31. The molecular weight excluding hydrogens is 216 g/mol. The molecule has 0 heterocycles. The van der Waals surface area contributed by atoms with Crippen molar-refractivity contribution in [3.63, 3.8) is 0 Å². The van der Waals surface area contributed by atoms with E-state index in [1.807, 2.05) is 0 Å². The summed E-state index contributed by atoms with van der Waals surface area (Å²) in [5, 5.41) is 0. The molecule has 2 rings (SSSR count). The lowest BCUT2D eigenvalue weighted by Crippen LogP contribution is -2.27. The van der Waals surface area contributed by atoms with Crippen molar-refractivity contribution in [1.82, 2.24) is 0 Å². The van der Waals surface area contributed by atoms with Gasteiger partial charge in [0.15, 0.2) is 0 Å². The Morgan fingerprint density at radius 1 is 0.529 bits per heavy atom. The van der Waals surface area contributed by atoms with E-state index in [-0.39, 0.29) is 20.4 Å². The second-order valence-corrected chi connectivity index (χ2v) is 7.16. The van der Waals surface area contributed by atoms with Crippen LogP contribution in [0.5, 0.6) is 0 Å². The molecular formula is C16H18Mg. The number of rotatable bonds is 2. The molecule has 84 valence electrons. The summed E-state index contributed by atoms with van der Waals surface area (Å²) in [5.41, 5.74) is 5.54. The highest BCUT2D eigenvalue weighted by Gasteiger charge is 2.04. The first kappa shape index (κ1) is 12.7. The van der Waals surface area contributed by atoms with E-state index in [1.54, 1.807) is 7.39 Å². The van der Waals surface area contributed by atoms with Gasteiger partial charge in [-0.2, -0.15) is 7.39 Å². The molecule has 0 radical (unpaired) electrons. The lowest BCUT2D eigenvalue weighted by molar-refractivity contribution is 1.40. The fourth-order valence-corrected chi connectivity index (χ4v) is 4.75. The third kappa shape index (κ3) is 3.58. The molecule has 0 nitrogen and oxygen atoms in total. The van der Waals surface area contributed by atoms with Gasteiger partial charge in [0, 0.05) is 0 Å². The van der Waals surface area contributed by atoms with E-state index in [9.17, 15) is 0 Å². The molecule has 0 aliphatic rings. The van der Waals surface area contributed by atoms with Crippen LogP contribution in [0.3, 0.4) is 0 Å². The largest absolute Gasteiger partial charge is 0.450 e. The van der Waals surface area contributed by atoms with Gasteiger partial charge in [-0.1, -0.05) is 58.7 Å². The van der Waals surface area contributed by atoms with E-state index in [1.165, 1.54) is 22.3 Å². The molecule has 0 aliphatic heterocycles. The van der Waals surface area contributed by atoms with Gasteiger partial charge in [-0.3, -0.25) is 0 Å². The fourth-order valence-electron chi connectivity index (χ4n) is 2.58. The minimum Gasteiger partial charge on any atom is -0.164 e. The third-order valence-corrected chi connectivity index (χ3v) is 4.60. The van der Waals surface area contributed by atoms with E-state index in [2.05, 4.69) is 64.1 Å². The SMILES string of the molecule is Cc1cc(C)c[c]([Mg][c]2cc(C)cc(C)c2)c1. The lowest BCUT2D eigenvalue weighted by atomic mass is 10.1. The predicted octanol–water partition coefficient (Wildman–Crippen LogP) is 2.58. The van der Waals surface area contributed by atoms with Gasteiger partial charge < -0.3 is 0 Å². The highest BCUT2D eigenvalue weighted by molar-refractivity contribution is 6.67. The highest BCUT2D eigenvalue weighted by atomic mass is 24.5. The fraction of sp³-hybridized carbons (Fsp3) is 0.250. The summed E-state index contributed by atoms with van der Waals surface area (Å²) >= 11 is -0.320. The molecule has 17 heavy (non-hydrogen) atoms. The molecule has 0 unspecified atom stereocenters. The van der Waals surface area contributed by atoms with Crippen molar-refractivity contribution in [2.45, 2.75) is 27.7 Å². The van der Waals surface area contributed by atoms with Gasteiger partial charge in [0.05, 0.1) is 0 Å². The van der Waals surface area contributed by atoms with Crippen LogP contribution >= 0.6 is 0 Å². The van der Waals surface area contributed by atoms with Gasteiger partial charge in [-0.05, 0) is 27.7 Å². The van der Waals surface area contributed by atoms with Crippen LogP contribution in [0.1, 0.15) is 22.3 Å². The van der Waals surface area contributed by atoms with Gasteiger partial charge in [-0.25, -0.2) is 0 Å². The van der Waals surface area contributed by atoms with Crippen LogP contribution in [-0.4, -0.2) is 20.4 Å². The Labute approximate surface area is 114 Å². The van der Waals surface area contributed by atoms with Gasteiger partial charge in [0.25, 0.3) is 0 Å². The highest BCUT2D eigenvalue weighted by Crippen LogP contribution is 2.02. The molecule has 0 fully saturated rings. The van der Waals surface area contributed by atoms with Crippen molar-refractivity contribution in [2.75, 3.05) is 0 Å². The number of hydrogen-bond donors (Lipinski definition) is 0. The molecule has 0 atom stereocenters. The van der Waals surface area contributed by atoms with Crippen LogP contribution in [-0.2, 0) is 0 Å². The van der Waals surface area contributed by atoms with Gasteiger partial charge >= 0.3 is 20.4 Å². The van der Waals surface area contributed by atoms with Gasteiger partial charge in [0.1, 0.15) is 0 Å². The van der Waals surface area contributed by atoms with E-state index < -0.39 is 0 Å². The monoisotopic (exact) mass is 234 g/mol. The summed E-state index contributed by atoms with van der Waals surface area (Å²) in [5.74, 6) is 0. The molecule has 0 aliphatic carbocycles. The second kappa shape index (κ2) is 5.24. The molecule has 0 N–H and O–H groups in total. The maximum Gasteiger partial charge on any atom is 0.450 e. The first-order valence-electron chi connectivity index (χ1n) is 6.17. The van der Waals surface area contributed by atoms with E-state index in [0.717, 1.165) is 0 Å². The number of aryl methyl sites for hydroxylation is 4. The Hall–Kier alpha value is -0.794. The van der Waals surface area contributed by atoms with Crippen LogP contribution in [0, 0.1) is 27.7 Å². The van der Waals surface area contributed by atoms with Crippen molar-refractivity contribution in [3.05, 3.63) is 58.7 Å². The predicted molar refractivity (Wildman–Crippen MR) is 76.9 cm³/mol. The van der Waals surface area contributed by atoms with Gasteiger partial charge in [-0.15, -0.1) is 0 Å².